The summed E-state index contributed by atoms with van der Waals surface area (Å²) < 4.78 is 0.674. The molecule has 3 rings (SSSR count). The van der Waals surface area contributed by atoms with Crippen molar-refractivity contribution in [1.82, 2.24) is 15.6 Å². The van der Waals surface area contributed by atoms with Crippen molar-refractivity contribution < 1.29 is 4.79 Å². The summed E-state index contributed by atoms with van der Waals surface area (Å²) in [5.41, 5.74) is 4.23. The molecule has 0 aliphatic heterocycles. The number of nitrogens with zero attached hydrogens (tertiary/aromatic N) is 2. The highest BCUT2D eigenvalue weighted by molar-refractivity contribution is 7.19. The Morgan fingerprint density at radius 1 is 1.22 bits per heavy atom. The second kappa shape index (κ2) is 6.95. The van der Waals surface area contributed by atoms with E-state index in [1.54, 1.807) is 36.4 Å². The summed E-state index contributed by atoms with van der Waals surface area (Å²) in [6, 6.07) is 12.4. The van der Waals surface area contributed by atoms with Crippen LogP contribution in [0.5, 0.6) is 0 Å². The summed E-state index contributed by atoms with van der Waals surface area (Å²) in [7, 11) is 0. The maximum atomic E-state index is 12.0. The van der Waals surface area contributed by atoms with Gasteiger partial charge in [-0.15, -0.1) is 11.3 Å². The number of carbonyl (C=O) groups excluding carboxylic acids is 1. The Bertz CT molecular complexity index is 855. The Morgan fingerprint density at radius 3 is 2.70 bits per heavy atom. The molecule has 0 atom stereocenters. The highest BCUT2D eigenvalue weighted by atomic mass is 35.5. The molecule has 0 saturated heterocycles. The summed E-state index contributed by atoms with van der Waals surface area (Å²) in [6.07, 6.45) is 1.53. The van der Waals surface area contributed by atoms with E-state index in [1.807, 2.05) is 6.07 Å². The van der Waals surface area contributed by atoms with E-state index in [1.165, 1.54) is 17.6 Å². The molecule has 0 fully saturated rings. The Labute approximate surface area is 145 Å². The van der Waals surface area contributed by atoms with Crippen LogP contribution in [0, 0.1) is 0 Å². The number of halogens is 2. The van der Waals surface area contributed by atoms with Gasteiger partial charge in [0.15, 0.2) is 5.69 Å². The van der Waals surface area contributed by atoms with E-state index in [2.05, 4.69) is 20.7 Å². The zero-order valence-corrected chi connectivity index (χ0v) is 13.9. The van der Waals surface area contributed by atoms with Gasteiger partial charge >= 0.3 is 0 Å². The van der Waals surface area contributed by atoms with Crippen molar-refractivity contribution in [3.05, 3.63) is 63.1 Å². The van der Waals surface area contributed by atoms with E-state index in [0.29, 0.717) is 9.36 Å². The van der Waals surface area contributed by atoms with Crippen LogP contribution in [-0.4, -0.2) is 22.3 Å². The van der Waals surface area contributed by atoms with Crippen LogP contribution in [-0.2, 0) is 0 Å². The van der Waals surface area contributed by atoms with E-state index in [-0.39, 0.29) is 5.69 Å². The monoisotopic (exact) mass is 364 g/mol. The first-order valence-electron chi connectivity index (χ1n) is 6.52. The van der Waals surface area contributed by atoms with Crippen molar-refractivity contribution in [3.8, 4) is 10.6 Å². The first kappa shape index (κ1) is 15.7. The minimum Gasteiger partial charge on any atom is -0.276 e. The van der Waals surface area contributed by atoms with Gasteiger partial charge in [-0.2, -0.15) is 10.2 Å². The molecule has 8 heteroatoms. The van der Waals surface area contributed by atoms with Crippen LogP contribution in [0.4, 0.5) is 0 Å². The number of amides is 1. The number of hydrogen-bond donors (Lipinski definition) is 2. The molecule has 0 saturated carbocycles. The second-order valence-corrected chi connectivity index (χ2v) is 6.67. The summed E-state index contributed by atoms with van der Waals surface area (Å²) in [5, 5.41) is 11.3. The molecular weight excluding hydrogens is 355 g/mol. The van der Waals surface area contributed by atoms with Gasteiger partial charge in [-0.1, -0.05) is 35.3 Å². The molecule has 0 spiro atoms. The number of nitrogens with one attached hydrogen (secondary N) is 2. The molecule has 1 aromatic carbocycles. The second-order valence-electron chi connectivity index (χ2n) is 4.52. The van der Waals surface area contributed by atoms with Gasteiger partial charge in [0, 0.05) is 5.02 Å². The molecule has 0 bridgehead atoms. The van der Waals surface area contributed by atoms with Crippen molar-refractivity contribution in [2.75, 3.05) is 0 Å². The molecule has 5 nitrogen and oxygen atoms in total. The fraction of sp³-hybridized carbons (Fsp3) is 0. The van der Waals surface area contributed by atoms with Crippen molar-refractivity contribution >= 4 is 46.7 Å². The van der Waals surface area contributed by atoms with Crippen LogP contribution in [0.1, 0.15) is 16.1 Å². The molecule has 116 valence electrons. The lowest BCUT2D eigenvalue weighted by Gasteiger charge is -1.95. The average molecular weight is 365 g/mol. The highest BCUT2D eigenvalue weighted by Crippen LogP contribution is 2.29. The molecule has 0 unspecified atom stereocenters. The standard InChI is InChI=1S/C15H10Cl2N4OS/c16-10-3-1-9(2-4-10)8-18-21-15(22)12-7-11(19-20-12)13-5-6-14(17)23-13/h1-8H,(H,19,20)(H,21,22)/b18-8+. The normalized spacial score (nSPS) is 11.0. The molecule has 1 amide bonds. The molecule has 2 heterocycles. The third-order valence-electron chi connectivity index (χ3n) is 2.90. The Morgan fingerprint density at radius 2 is 2.00 bits per heavy atom. The van der Waals surface area contributed by atoms with Gasteiger partial charge in [0.05, 0.1) is 21.1 Å². The summed E-state index contributed by atoms with van der Waals surface area (Å²) in [5.74, 6) is -0.402. The van der Waals surface area contributed by atoms with Gasteiger partial charge < -0.3 is 0 Å². The molecule has 0 aliphatic carbocycles. The average Bonchev–Trinajstić information content (AvgIpc) is 3.18. The first-order chi connectivity index (χ1) is 11.1. The van der Waals surface area contributed by atoms with E-state index in [0.717, 1.165) is 16.1 Å². The van der Waals surface area contributed by atoms with E-state index >= 15 is 0 Å². The molecule has 2 N–H and O–H groups in total. The van der Waals surface area contributed by atoms with Gasteiger partial charge in [-0.05, 0) is 35.9 Å². The fourth-order valence-corrected chi connectivity index (χ4v) is 2.93. The molecule has 0 aliphatic rings. The smallest absolute Gasteiger partial charge is 0.276 e. The SMILES string of the molecule is O=C(N/N=C/c1ccc(Cl)cc1)c1cc(-c2ccc(Cl)s2)[nH]n1. The molecule has 0 radical (unpaired) electrons. The Balaban J connectivity index is 1.64. The lowest BCUT2D eigenvalue weighted by molar-refractivity contribution is 0.0950. The number of H-pyrrole nitrogens is 1. The molecular formula is C15H10Cl2N4OS. The number of carbonyl (C=O) groups is 1. The summed E-state index contributed by atoms with van der Waals surface area (Å²) >= 11 is 13.1. The van der Waals surface area contributed by atoms with Crippen molar-refractivity contribution in [3.63, 3.8) is 0 Å². The third-order valence-corrected chi connectivity index (χ3v) is 4.42. The van der Waals surface area contributed by atoms with Crippen molar-refractivity contribution in [1.29, 1.82) is 0 Å². The number of hydrogen-bond acceptors (Lipinski definition) is 4. The predicted octanol–water partition coefficient (Wildman–Crippen LogP) is 4.21. The van der Waals surface area contributed by atoms with Crippen molar-refractivity contribution in [2.45, 2.75) is 0 Å². The van der Waals surface area contributed by atoms with Crippen LogP contribution < -0.4 is 5.43 Å². The number of aromatic amines is 1. The number of benzene rings is 1. The van der Waals surface area contributed by atoms with Crippen LogP contribution in [0.25, 0.3) is 10.6 Å². The summed E-state index contributed by atoms with van der Waals surface area (Å²) in [4.78, 5) is 12.9. The lowest BCUT2D eigenvalue weighted by atomic mass is 10.2. The molecule has 3 aromatic rings. The van der Waals surface area contributed by atoms with Crippen LogP contribution in [0.15, 0.2) is 47.6 Å². The largest absolute Gasteiger partial charge is 0.291 e. The maximum absolute atomic E-state index is 12.0. The Hall–Kier alpha value is -2.15. The van der Waals surface area contributed by atoms with Crippen LogP contribution in [0.2, 0.25) is 9.36 Å². The Kier molecular flexibility index (Phi) is 4.76. The molecule has 23 heavy (non-hydrogen) atoms. The zero-order chi connectivity index (χ0) is 16.2. The van der Waals surface area contributed by atoms with E-state index in [4.69, 9.17) is 23.2 Å². The maximum Gasteiger partial charge on any atom is 0.291 e. The zero-order valence-electron chi connectivity index (χ0n) is 11.6. The quantitative estimate of drug-likeness (QED) is 0.537. The van der Waals surface area contributed by atoms with E-state index < -0.39 is 5.91 Å². The van der Waals surface area contributed by atoms with Gasteiger partial charge in [0.2, 0.25) is 0 Å². The number of aromatic nitrogens is 2. The minimum absolute atomic E-state index is 0.248. The molecule has 2 aromatic heterocycles. The topological polar surface area (TPSA) is 70.1 Å². The number of thiophene rings is 1. The number of rotatable bonds is 4. The summed E-state index contributed by atoms with van der Waals surface area (Å²) in [6.45, 7) is 0. The van der Waals surface area contributed by atoms with E-state index in [9.17, 15) is 4.79 Å². The fourth-order valence-electron chi connectivity index (χ4n) is 1.79. The predicted molar refractivity (Wildman–Crippen MR) is 93.4 cm³/mol. The first-order valence-corrected chi connectivity index (χ1v) is 8.09. The van der Waals surface area contributed by atoms with Gasteiger partial charge in [-0.25, -0.2) is 5.43 Å². The lowest BCUT2D eigenvalue weighted by Crippen LogP contribution is -2.17. The highest BCUT2D eigenvalue weighted by Gasteiger charge is 2.11. The van der Waals surface area contributed by atoms with Gasteiger partial charge in [0.25, 0.3) is 5.91 Å². The van der Waals surface area contributed by atoms with Gasteiger partial charge in [0.1, 0.15) is 0 Å². The number of hydrazone groups is 1. The minimum atomic E-state index is -0.402. The van der Waals surface area contributed by atoms with Crippen LogP contribution in [0.3, 0.4) is 0 Å². The third kappa shape index (κ3) is 3.98. The van der Waals surface area contributed by atoms with Crippen molar-refractivity contribution in [2.24, 2.45) is 5.10 Å². The van der Waals surface area contributed by atoms with Crippen LogP contribution >= 0.6 is 34.5 Å². The van der Waals surface area contributed by atoms with Gasteiger partial charge in [-0.3, -0.25) is 9.89 Å².